The van der Waals surface area contributed by atoms with Crippen LogP contribution < -0.4 is 21.5 Å². The summed E-state index contributed by atoms with van der Waals surface area (Å²) in [5.41, 5.74) is 13.2. The summed E-state index contributed by atoms with van der Waals surface area (Å²) < 4.78 is 42.4. The summed E-state index contributed by atoms with van der Waals surface area (Å²) in [6, 6.07) is 9.78. The average molecular weight is 459 g/mol. The lowest BCUT2D eigenvalue weighted by Crippen LogP contribution is -2.25. The number of aromatic nitrogens is 2. The molecule has 170 valence electrons. The van der Waals surface area contributed by atoms with E-state index >= 15 is 0 Å². The number of hydrogen-bond acceptors (Lipinski definition) is 7. The molecule has 2 heterocycles. The third-order valence-electron chi connectivity index (χ3n) is 4.87. The van der Waals surface area contributed by atoms with Crippen LogP contribution in [-0.4, -0.2) is 24.9 Å². The summed E-state index contributed by atoms with van der Waals surface area (Å²) in [4.78, 5) is 8.24. The van der Waals surface area contributed by atoms with Gasteiger partial charge < -0.3 is 16.8 Å². The second-order valence-corrected chi connectivity index (χ2v) is 9.21. The molecule has 6 N–H and O–H groups in total. The van der Waals surface area contributed by atoms with Crippen LogP contribution in [0.2, 0.25) is 0 Å². The van der Waals surface area contributed by atoms with Crippen LogP contribution in [0.15, 0.2) is 53.7 Å². The molecule has 0 atom stereocenters. The fourth-order valence-corrected chi connectivity index (χ4v) is 4.40. The third kappa shape index (κ3) is 6.14. The van der Waals surface area contributed by atoms with Gasteiger partial charge in [0.25, 0.3) is 0 Å². The van der Waals surface area contributed by atoms with E-state index in [9.17, 15) is 12.8 Å². The number of sulfonamides is 1. The molecule has 3 rings (SSSR count). The predicted molar refractivity (Wildman–Crippen MR) is 124 cm³/mol. The van der Waals surface area contributed by atoms with E-state index < -0.39 is 15.8 Å². The lowest BCUT2D eigenvalue weighted by atomic mass is 10.1. The second kappa shape index (κ2) is 10.4. The Labute approximate surface area is 187 Å². The minimum absolute atomic E-state index is 0.0173. The van der Waals surface area contributed by atoms with Gasteiger partial charge in [0.05, 0.1) is 5.69 Å². The number of nitrogens with two attached hydrogens (primary N) is 2. The monoisotopic (exact) mass is 458 g/mol. The normalized spacial score (nSPS) is 11.4. The van der Waals surface area contributed by atoms with Crippen molar-refractivity contribution in [2.45, 2.75) is 37.6 Å². The summed E-state index contributed by atoms with van der Waals surface area (Å²) in [5, 5.41) is 3.10. The number of nitrogens with one attached hydrogen (secondary N) is 2. The summed E-state index contributed by atoms with van der Waals surface area (Å²) in [6.45, 7) is 2.08. The highest BCUT2D eigenvalue weighted by Crippen LogP contribution is 2.21. The van der Waals surface area contributed by atoms with E-state index in [1.165, 1.54) is 18.2 Å². The van der Waals surface area contributed by atoms with E-state index in [4.69, 9.17) is 11.5 Å². The van der Waals surface area contributed by atoms with Gasteiger partial charge in [0.1, 0.15) is 16.5 Å². The molecule has 0 bridgehead atoms. The molecule has 0 spiro atoms. The average Bonchev–Trinajstić information content (AvgIpc) is 2.75. The van der Waals surface area contributed by atoms with Crippen molar-refractivity contribution in [3.63, 3.8) is 0 Å². The highest BCUT2D eigenvalue weighted by molar-refractivity contribution is 7.89. The van der Waals surface area contributed by atoms with Crippen molar-refractivity contribution in [2.24, 2.45) is 0 Å². The summed E-state index contributed by atoms with van der Waals surface area (Å²) in [5.74, 6) is 0.112. The van der Waals surface area contributed by atoms with Crippen molar-refractivity contribution in [1.82, 2.24) is 14.7 Å². The number of hydrogen-bond donors (Lipinski definition) is 4. The molecular weight excluding hydrogens is 431 g/mol. The van der Waals surface area contributed by atoms with Crippen LogP contribution in [0.25, 0.3) is 0 Å². The Balaban J connectivity index is 1.62. The molecule has 0 saturated carbocycles. The van der Waals surface area contributed by atoms with Crippen molar-refractivity contribution in [2.75, 3.05) is 23.3 Å². The Hall–Kier alpha value is -3.24. The zero-order chi connectivity index (χ0) is 23.1. The van der Waals surface area contributed by atoms with Crippen LogP contribution in [0, 0.1) is 12.7 Å². The number of aryl methyl sites for hydroxylation is 2. The fraction of sp³-hybridized carbons (Fsp3) is 0.273. The smallest absolute Gasteiger partial charge is 0.244 e. The number of pyridine rings is 2. The van der Waals surface area contributed by atoms with Gasteiger partial charge in [-0.1, -0.05) is 12.1 Å². The molecule has 0 aliphatic rings. The van der Waals surface area contributed by atoms with Gasteiger partial charge in [0.15, 0.2) is 5.82 Å². The number of anilines is 3. The molecule has 0 amide bonds. The van der Waals surface area contributed by atoms with Crippen molar-refractivity contribution in [1.29, 1.82) is 0 Å². The quantitative estimate of drug-likeness (QED) is 0.271. The van der Waals surface area contributed by atoms with Crippen molar-refractivity contribution in [3.05, 3.63) is 71.3 Å². The van der Waals surface area contributed by atoms with Crippen LogP contribution in [0.5, 0.6) is 0 Å². The lowest BCUT2D eigenvalue weighted by Gasteiger charge is -2.14. The maximum absolute atomic E-state index is 14.1. The Morgan fingerprint density at radius 2 is 1.91 bits per heavy atom. The number of rotatable bonds is 10. The Morgan fingerprint density at radius 1 is 1.09 bits per heavy atom. The van der Waals surface area contributed by atoms with Crippen LogP contribution in [0.1, 0.15) is 29.5 Å². The van der Waals surface area contributed by atoms with Gasteiger partial charge in [-0.05, 0) is 61.6 Å². The molecule has 0 radical (unpaired) electrons. The maximum atomic E-state index is 14.1. The SMILES string of the molecule is Cc1cnc(NCCCCc2ccnc(N)c2)c(S(=O)(=O)NCc2cccc(N)c2F)c1. The van der Waals surface area contributed by atoms with Gasteiger partial charge >= 0.3 is 0 Å². The standard InChI is InChI=1S/C22H27FN6O2S/c1-15-11-19(32(30,31)29-14-17-6-4-7-18(24)21(17)23)22(28-13-15)27-9-3-2-5-16-8-10-26-20(25)12-16/h4,6-8,10-13,29H,2-3,5,9,14,24H2,1H3,(H2,25,26)(H,27,28). The van der Waals surface area contributed by atoms with E-state index in [-0.39, 0.29) is 28.5 Å². The zero-order valence-corrected chi connectivity index (χ0v) is 18.6. The zero-order valence-electron chi connectivity index (χ0n) is 17.8. The van der Waals surface area contributed by atoms with E-state index in [1.807, 2.05) is 12.1 Å². The topological polar surface area (TPSA) is 136 Å². The van der Waals surface area contributed by atoms with Gasteiger partial charge in [-0.15, -0.1) is 0 Å². The van der Waals surface area contributed by atoms with Crippen LogP contribution in [0.4, 0.5) is 21.7 Å². The molecule has 0 unspecified atom stereocenters. The molecule has 2 aromatic heterocycles. The molecule has 10 heteroatoms. The van der Waals surface area contributed by atoms with E-state index in [0.29, 0.717) is 17.9 Å². The van der Waals surface area contributed by atoms with E-state index in [0.717, 1.165) is 24.8 Å². The Morgan fingerprint density at radius 3 is 2.69 bits per heavy atom. The van der Waals surface area contributed by atoms with Gasteiger partial charge in [-0.2, -0.15) is 0 Å². The minimum atomic E-state index is -3.94. The van der Waals surface area contributed by atoms with Gasteiger partial charge in [0, 0.05) is 31.0 Å². The molecule has 0 aliphatic carbocycles. The van der Waals surface area contributed by atoms with Crippen molar-refractivity contribution < 1.29 is 12.8 Å². The highest BCUT2D eigenvalue weighted by atomic mass is 32.2. The van der Waals surface area contributed by atoms with Crippen LogP contribution in [0.3, 0.4) is 0 Å². The van der Waals surface area contributed by atoms with E-state index in [1.54, 1.807) is 25.4 Å². The van der Waals surface area contributed by atoms with Crippen LogP contribution >= 0.6 is 0 Å². The number of halogens is 1. The predicted octanol–water partition coefficient (Wildman–Crippen LogP) is 3.00. The molecule has 0 aliphatic heterocycles. The fourth-order valence-electron chi connectivity index (χ4n) is 3.18. The largest absolute Gasteiger partial charge is 0.396 e. The number of unbranched alkanes of at least 4 members (excludes halogenated alkanes) is 1. The van der Waals surface area contributed by atoms with Crippen LogP contribution in [-0.2, 0) is 23.0 Å². The van der Waals surface area contributed by atoms with Gasteiger partial charge in [-0.3, -0.25) is 0 Å². The first-order chi connectivity index (χ1) is 15.3. The van der Waals surface area contributed by atoms with Crippen molar-refractivity contribution in [3.8, 4) is 0 Å². The molecular formula is C22H27FN6O2S. The van der Waals surface area contributed by atoms with Gasteiger partial charge in [-0.25, -0.2) is 27.5 Å². The third-order valence-corrected chi connectivity index (χ3v) is 6.28. The molecule has 8 nitrogen and oxygen atoms in total. The summed E-state index contributed by atoms with van der Waals surface area (Å²) in [6.07, 6.45) is 5.81. The molecule has 3 aromatic rings. The summed E-state index contributed by atoms with van der Waals surface area (Å²) in [7, 11) is -3.94. The first kappa shape index (κ1) is 23.4. The van der Waals surface area contributed by atoms with E-state index in [2.05, 4.69) is 20.0 Å². The number of nitrogen functional groups attached to an aromatic ring is 2. The van der Waals surface area contributed by atoms with Crippen molar-refractivity contribution >= 4 is 27.3 Å². The molecule has 0 saturated heterocycles. The first-order valence-electron chi connectivity index (χ1n) is 10.2. The Kier molecular flexibility index (Phi) is 7.60. The lowest BCUT2D eigenvalue weighted by molar-refractivity contribution is 0.575. The first-order valence-corrected chi connectivity index (χ1v) is 11.7. The highest BCUT2D eigenvalue weighted by Gasteiger charge is 2.20. The number of benzene rings is 1. The molecule has 0 fully saturated rings. The maximum Gasteiger partial charge on any atom is 0.244 e. The second-order valence-electron chi connectivity index (χ2n) is 7.48. The Bertz CT molecular complexity index is 1190. The molecule has 32 heavy (non-hydrogen) atoms. The summed E-state index contributed by atoms with van der Waals surface area (Å²) >= 11 is 0. The minimum Gasteiger partial charge on any atom is -0.396 e. The van der Waals surface area contributed by atoms with Gasteiger partial charge in [0.2, 0.25) is 10.0 Å². The molecule has 1 aromatic carbocycles. The number of nitrogens with zero attached hydrogens (tertiary/aromatic N) is 2.